The van der Waals surface area contributed by atoms with Gasteiger partial charge in [0, 0.05) is 35.6 Å². The molecule has 0 aliphatic heterocycles. The van der Waals surface area contributed by atoms with Gasteiger partial charge in [-0.1, -0.05) is 22.0 Å². The van der Waals surface area contributed by atoms with Crippen LogP contribution >= 0.6 is 15.9 Å². The maximum Gasteiger partial charge on any atom is 0.0945 e. The van der Waals surface area contributed by atoms with E-state index in [0.717, 1.165) is 29.7 Å². The molecule has 0 amide bonds. The average molecular weight is 280 g/mol. The normalized spacial score (nSPS) is 10.3. The molecule has 0 radical (unpaired) electrons. The Hall–Kier alpha value is -1.29. The van der Waals surface area contributed by atoms with Gasteiger partial charge in [0.25, 0.3) is 0 Å². The highest BCUT2D eigenvalue weighted by Gasteiger charge is 1.93. The van der Waals surface area contributed by atoms with Gasteiger partial charge in [0.2, 0.25) is 0 Å². The Morgan fingerprint density at radius 2 is 2.31 bits per heavy atom. The van der Waals surface area contributed by atoms with Gasteiger partial charge in [0.05, 0.1) is 6.33 Å². The lowest BCUT2D eigenvalue weighted by atomic mass is 10.3. The van der Waals surface area contributed by atoms with Gasteiger partial charge in [-0.25, -0.2) is 4.98 Å². The second-order valence-corrected chi connectivity index (χ2v) is 4.51. The summed E-state index contributed by atoms with van der Waals surface area (Å²) in [6.07, 6.45) is 6.73. The lowest BCUT2D eigenvalue weighted by molar-refractivity contribution is 0.661. The zero-order valence-corrected chi connectivity index (χ0v) is 10.5. The maximum atomic E-state index is 4.01. The topological polar surface area (TPSA) is 29.9 Å². The van der Waals surface area contributed by atoms with Crippen LogP contribution in [-0.4, -0.2) is 16.1 Å². The number of aromatic nitrogens is 2. The average Bonchev–Trinajstić information content (AvgIpc) is 2.77. The van der Waals surface area contributed by atoms with Gasteiger partial charge >= 0.3 is 0 Å². The predicted molar refractivity (Wildman–Crippen MR) is 69.5 cm³/mol. The van der Waals surface area contributed by atoms with Crippen molar-refractivity contribution in [2.75, 3.05) is 11.9 Å². The van der Waals surface area contributed by atoms with Crippen molar-refractivity contribution in [2.24, 2.45) is 0 Å². The van der Waals surface area contributed by atoms with E-state index in [1.807, 2.05) is 30.9 Å². The summed E-state index contributed by atoms with van der Waals surface area (Å²) >= 11 is 3.45. The molecule has 0 aliphatic carbocycles. The van der Waals surface area contributed by atoms with E-state index in [4.69, 9.17) is 0 Å². The van der Waals surface area contributed by atoms with Crippen LogP contribution in [-0.2, 0) is 6.54 Å². The van der Waals surface area contributed by atoms with E-state index in [1.54, 1.807) is 0 Å². The zero-order valence-electron chi connectivity index (χ0n) is 8.94. The Morgan fingerprint density at radius 3 is 3.06 bits per heavy atom. The Morgan fingerprint density at radius 1 is 1.38 bits per heavy atom. The number of hydrogen-bond acceptors (Lipinski definition) is 2. The number of halogens is 1. The molecule has 4 heteroatoms. The van der Waals surface area contributed by atoms with Crippen LogP contribution in [0.3, 0.4) is 0 Å². The quantitative estimate of drug-likeness (QED) is 0.853. The Kier molecular flexibility index (Phi) is 3.99. The molecule has 1 heterocycles. The highest BCUT2D eigenvalue weighted by Crippen LogP contribution is 2.15. The van der Waals surface area contributed by atoms with Crippen molar-refractivity contribution in [1.82, 2.24) is 9.55 Å². The number of rotatable bonds is 5. The first-order chi connectivity index (χ1) is 7.84. The molecule has 0 bridgehead atoms. The first-order valence-corrected chi connectivity index (χ1v) is 6.09. The van der Waals surface area contributed by atoms with Crippen LogP contribution in [0.5, 0.6) is 0 Å². The van der Waals surface area contributed by atoms with Crippen LogP contribution in [0.2, 0.25) is 0 Å². The van der Waals surface area contributed by atoms with Gasteiger partial charge in [-0.2, -0.15) is 0 Å². The molecule has 84 valence electrons. The second kappa shape index (κ2) is 5.70. The van der Waals surface area contributed by atoms with Crippen molar-refractivity contribution < 1.29 is 0 Å². The fourth-order valence-corrected chi connectivity index (χ4v) is 1.91. The minimum Gasteiger partial charge on any atom is -0.385 e. The van der Waals surface area contributed by atoms with Crippen LogP contribution in [0.25, 0.3) is 0 Å². The Labute approximate surface area is 104 Å². The Balaban J connectivity index is 1.72. The van der Waals surface area contributed by atoms with Crippen molar-refractivity contribution in [3.63, 3.8) is 0 Å². The molecular formula is C12H14BrN3. The minimum atomic E-state index is 0.967. The summed E-state index contributed by atoms with van der Waals surface area (Å²) in [5.74, 6) is 0. The molecule has 0 saturated carbocycles. The van der Waals surface area contributed by atoms with Crippen LogP contribution in [0.15, 0.2) is 47.5 Å². The van der Waals surface area contributed by atoms with Crippen molar-refractivity contribution in [1.29, 1.82) is 0 Å². The molecule has 0 aliphatic rings. The third-order valence-corrected chi connectivity index (χ3v) is 2.80. The minimum absolute atomic E-state index is 0.967. The number of benzene rings is 1. The Bertz CT molecular complexity index is 426. The fraction of sp³-hybridized carbons (Fsp3) is 0.250. The molecule has 1 aromatic carbocycles. The SMILES string of the molecule is Brc1cccc(NCCCn2ccnc2)c1. The van der Waals surface area contributed by atoms with E-state index in [0.29, 0.717) is 0 Å². The fourth-order valence-electron chi connectivity index (χ4n) is 1.51. The molecule has 0 unspecified atom stereocenters. The summed E-state index contributed by atoms with van der Waals surface area (Å²) < 4.78 is 3.19. The zero-order chi connectivity index (χ0) is 11.2. The predicted octanol–water partition coefficient (Wildman–Crippen LogP) is 3.15. The molecule has 1 aromatic heterocycles. The summed E-state index contributed by atoms with van der Waals surface area (Å²) in [6, 6.07) is 8.21. The van der Waals surface area contributed by atoms with E-state index in [1.165, 1.54) is 0 Å². The van der Waals surface area contributed by atoms with E-state index in [9.17, 15) is 0 Å². The van der Waals surface area contributed by atoms with Gasteiger partial charge in [0.1, 0.15) is 0 Å². The van der Waals surface area contributed by atoms with Gasteiger partial charge in [0.15, 0.2) is 0 Å². The third kappa shape index (κ3) is 3.38. The van der Waals surface area contributed by atoms with E-state index < -0.39 is 0 Å². The van der Waals surface area contributed by atoms with Gasteiger partial charge < -0.3 is 9.88 Å². The van der Waals surface area contributed by atoms with Crippen LogP contribution < -0.4 is 5.32 Å². The van der Waals surface area contributed by atoms with E-state index in [-0.39, 0.29) is 0 Å². The van der Waals surface area contributed by atoms with Crippen LogP contribution in [0.1, 0.15) is 6.42 Å². The first kappa shape index (κ1) is 11.2. The molecule has 0 fully saturated rings. The first-order valence-electron chi connectivity index (χ1n) is 5.30. The van der Waals surface area contributed by atoms with Gasteiger partial charge in [-0.15, -0.1) is 0 Å². The van der Waals surface area contributed by atoms with Gasteiger partial charge in [-0.3, -0.25) is 0 Å². The number of hydrogen-bond donors (Lipinski definition) is 1. The van der Waals surface area contributed by atoms with Crippen LogP contribution in [0.4, 0.5) is 5.69 Å². The molecule has 2 aromatic rings. The molecule has 16 heavy (non-hydrogen) atoms. The summed E-state index contributed by atoms with van der Waals surface area (Å²) in [7, 11) is 0. The largest absolute Gasteiger partial charge is 0.385 e. The lowest BCUT2D eigenvalue weighted by Crippen LogP contribution is -2.05. The highest BCUT2D eigenvalue weighted by molar-refractivity contribution is 9.10. The van der Waals surface area contributed by atoms with Crippen molar-refractivity contribution in [3.05, 3.63) is 47.5 Å². The number of imidazole rings is 1. The molecule has 0 spiro atoms. The molecular weight excluding hydrogens is 266 g/mol. The maximum absolute atomic E-state index is 4.01. The van der Waals surface area contributed by atoms with E-state index >= 15 is 0 Å². The molecule has 0 atom stereocenters. The molecule has 1 N–H and O–H groups in total. The monoisotopic (exact) mass is 279 g/mol. The van der Waals surface area contributed by atoms with Crippen molar-refractivity contribution in [2.45, 2.75) is 13.0 Å². The summed E-state index contributed by atoms with van der Waals surface area (Å²) in [5.41, 5.74) is 1.15. The summed E-state index contributed by atoms with van der Waals surface area (Å²) in [6.45, 7) is 1.97. The van der Waals surface area contributed by atoms with Crippen LogP contribution in [0, 0.1) is 0 Å². The molecule has 2 rings (SSSR count). The lowest BCUT2D eigenvalue weighted by Gasteiger charge is -2.06. The number of nitrogens with one attached hydrogen (secondary N) is 1. The van der Waals surface area contributed by atoms with Gasteiger partial charge in [-0.05, 0) is 24.6 Å². The van der Waals surface area contributed by atoms with Crippen molar-refractivity contribution in [3.8, 4) is 0 Å². The number of anilines is 1. The number of nitrogens with zero attached hydrogens (tertiary/aromatic N) is 2. The summed E-state index contributed by atoms with van der Waals surface area (Å²) in [4.78, 5) is 4.01. The smallest absolute Gasteiger partial charge is 0.0945 e. The third-order valence-electron chi connectivity index (χ3n) is 2.31. The van der Waals surface area contributed by atoms with Crippen molar-refractivity contribution >= 4 is 21.6 Å². The highest BCUT2D eigenvalue weighted by atomic mass is 79.9. The molecule has 3 nitrogen and oxygen atoms in total. The molecule has 0 saturated heterocycles. The standard InChI is InChI=1S/C12H14BrN3/c13-11-3-1-4-12(9-11)15-5-2-7-16-8-6-14-10-16/h1,3-4,6,8-10,15H,2,5,7H2. The van der Waals surface area contributed by atoms with E-state index in [2.05, 4.69) is 42.9 Å². The summed E-state index contributed by atoms with van der Waals surface area (Å²) in [5, 5.41) is 3.38. The number of aryl methyl sites for hydroxylation is 1. The second-order valence-electron chi connectivity index (χ2n) is 3.59.